The number of aliphatic hydroxyl groups is 1. The molecule has 0 fully saturated rings. The summed E-state index contributed by atoms with van der Waals surface area (Å²) in [7, 11) is 4.06. The average Bonchev–Trinajstić information content (AvgIpc) is 2.88. The van der Waals surface area contributed by atoms with E-state index in [0.717, 1.165) is 23.2 Å². The van der Waals surface area contributed by atoms with Gasteiger partial charge in [0.05, 0.1) is 12.1 Å². The maximum atomic E-state index is 12.2. The predicted octanol–water partition coefficient (Wildman–Crippen LogP) is 2.21. The molecule has 0 saturated carbocycles. The number of urea groups is 1. The maximum Gasteiger partial charge on any atom is 0.315 e. The second kappa shape index (κ2) is 7.68. The van der Waals surface area contributed by atoms with E-state index in [2.05, 4.69) is 27.7 Å². The third kappa shape index (κ3) is 4.38. The Kier molecular flexibility index (Phi) is 5.36. The normalized spacial score (nSPS) is 18.9. The van der Waals surface area contributed by atoms with Crippen molar-refractivity contribution >= 4 is 6.03 Å². The van der Waals surface area contributed by atoms with E-state index in [-0.39, 0.29) is 12.1 Å². The van der Waals surface area contributed by atoms with Crippen molar-refractivity contribution in [1.29, 1.82) is 0 Å². The van der Waals surface area contributed by atoms with Gasteiger partial charge in [0.1, 0.15) is 0 Å². The van der Waals surface area contributed by atoms with E-state index in [4.69, 9.17) is 0 Å². The van der Waals surface area contributed by atoms with Crippen LogP contribution in [0.15, 0.2) is 48.5 Å². The zero-order valence-corrected chi connectivity index (χ0v) is 14.7. The van der Waals surface area contributed by atoms with Gasteiger partial charge in [-0.3, -0.25) is 0 Å². The Bertz CT molecular complexity index is 745. The number of nitrogens with zero attached hydrogens (tertiary/aromatic N) is 1. The molecule has 1 aliphatic carbocycles. The number of fused-ring (bicyclic) bond motifs is 1. The van der Waals surface area contributed by atoms with Crippen LogP contribution in [0, 0.1) is 0 Å². The highest BCUT2D eigenvalue weighted by atomic mass is 16.3. The summed E-state index contributed by atoms with van der Waals surface area (Å²) in [5.41, 5.74) is 4.36. The summed E-state index contributed by atoms with van der Waals surface area (Å²) in [6.07, 6.45) is -0.000167. The van der Waals surface area contributed by atoms with Crippen molar-refractivity contribution in [2.24, 2.45) is 0 Å². The molecule has 0 aliphatic heterocycles. The summed E-state index contributed by atoms with van der Waals surface area (Å²) in [6, 6.07) is 15.4. The van der Waals surface area contributed by atoms with E-state index in [9.17, 15) is 9.90 Å². The molecule has 2 aromatic carbocycles. The van der Waals surface area contributed by atoms with Crippen LogP contribution in [0.4, 0.5) is 4.79 Å². The molecule has 3 N–H and O–H groups in total. The van der Waals surface area contributed by atoms with Crippen LogP contribution in [0.25, 0.3) is 0 Å². The number of carbonyl (C=O) groups excluding carboxylic acids is 1. The van der Waals surface area contributed by atoms with Gasteiger partial charge in [0.2, 0.25) is 0 Å². The Balaban J connectivity index is 1.57. The van der Waals surface area contributed by atoms with E-state index in [1.165, 1.54) is 5.56 Å². The molecule has 0 bridgehead atoms. The van der Waals surface area contributed by atoms with Crippen LogP contribution in [0.2, 0.25) is 0 Å². The lowest BCUT2D eigenvalue weighted by Crippen LogP contribution is -2.40. The van der Waals surface area contributed by atoms with Crippen molar-refractivity contribution in [3.63, 3.8) is 0 Å². The van der Waals surface area contributed by atoms with Gasteiger partial charge in [-0.25, -0.2) is 4.79 Å². The highest BCUT2D eigenvalue weighted by Crippen LogP contribution is 2.31. The van der Waals surface area contributed by atoms with Crippen molar-refractivity contribution in [2.45, 2.75) is 31.7 Å². The highest BCUT2D eigenvalue weighted by molar-refractivity contribution is 5.74. The molecule has 1 aliphatic rings. The van der Waals surface area contributed by atoms with E-state index < -0.39 is 6.10 Å². The number of aliphatic hydroxyl groups excluding tert-OH is 1. The molecule has 0 saturated heterocycles. The topological polar surface area (TPSA) is 64.6 Å². The predicted molar refractivity (Wildman–Crippen MR) is 98.1 cm³/mol. The molecule has 0 spiro atoms. The fourth-order valence-electron chi connectivity index (χ4n) is 3.33. The summed E-state index contributed by atoms with van der Waals surface area (Å²) in [4.78, 5) is 14.4. The molecule has 0 aromatic heterocycles. The van der Waals surface area contributed by atoms with Crippen LogP contribution < -0.4 is 10.6 Å². The van der Waals surface area contributed by atoms with E-state index in [1.807, 2.05) is 50.5 Å². The fourth-order valence-corrected chi connectivity index (χ4v) is 3.33. The lowest BCUT2D eigenvalue weighted by molar-refractivity contribution is 0.142. The Morgan fingerprint density at radius 3 is 2.72 bits per heavy atom. The summed E-state index contributed by atoms with van der Waals surface area (Å²) in [6.45, 7) is 1.32. The maximum absolute atomic E-state index is 12.2. The lowest BCUT2D eigenvalue weighted by atomic mass is 10.1. The summed E-state index contributed by atoms with van der Waals surface area (Å²) >= 11 is 0. The standard InChI is InChI=1S/C20H25N3O2/c1-23(2)13-15-7-5-6-14(10-15)12-21-20(25)22-19-17-9-4-3-8-16(17)11-18(19)24/h3-10,18-19,24H,11-13H2,1-2H3,(H2,21,22,25). The smallest absolute Gasteiger partial charge is 0.315 e. The number of amides is 2. The van der Waals surface area contributed by atoms with Crippen LogP contribution in [-0.2, 0) is 19.5 Å². The third-order valence-electron chi connectivity index (χ3n) is 4.43. The summed E-state index contributed by atoms with van der Waals surface area (Å²) in [5, 5.41) is 16.0. The second-order valence-corrected chi connectivity index (χ2v) is 6.83. The molecular formula is C20H25N3O2. The van der Waals surface area contributed by atoms with Gasteiger partial charge in [-0.15, -0.1) is 0 Å². The minimum atomic E-state index is -0.577. The Labute approximate surface area is 148 Å². The number of hydrogen-bond acceptors (Lipinski definition) is 3. The number of nitrogens with one attached hydrogen (secondary N) is 2. The van der Waals surface area contributed by atoms with Gasteiger partial charge in [0.25, 0.3) is 0 Å². The molecule has 0 heterocycles. The lowest BCUT2D eigenvalue weighted by Gasteiger charge is -2.18. The minimum absolute atomic E-state index is 0.265. The fraction of sp³-hybridized carbons (Fsp3) is 0.350. The van der Waals surface area contributed by atoms with Gasteiger partial charge < -0.3 is 20.6 Å². The van der Waals surface area contributed by atoms with Crippen molar-refractivity contribution in [2.75, 3.05) is 14.1 Å². The van der Waals surface area contributed by atoms with Crippen molar-refractivity contribution < 1.29 is 9.90 Å². The number of carbonyl (C=O) groups is 1. The molecule has 3 rings (SSSR count). The van der Waals surface area contributed by atoms with Crippen molar-refractivity contribution in [3.8, 4) is 0 Å². The van der Waals surface area contributed by atoms with Crippen LogP contribution in [0.3, 0.4) is 0 Å². The van der Waals surface area contributed by atoms with Gasteiger partial charge in [0.15, 0.2) is 0 Å². The molecule has 2 atom stereocenters. The van der Waals surface area contributed by atoms with Crippen LogP contribution in [0.5, 0.6) is 0 Å². The van der Waals surface area contributed by atoms with Gasteiger partial charge in [-0.05, 0) is 36.3 Å². The van der Waals surface area contributed by atoms with Gasteiger partial charge >= 0.3 is 6.03 Å². The van der Waals surface area contributed by atoms with Gasteiger partial charge in [0, 0.05) is 19.5 Å². The van der Waals surface area contributed by atoms with Gasteiger partial charge in [-0.2, -0.15) is 0 Å². The Morgan fingerprint density at radius 1 is 1.16 bits per heavy atom. The zero-order chi connectivity index (χ0) is 17.8. The number of hydrogen-bond donors (Lipinski definition) is 3. The first-order chi connectivity index (χ1) is 12.0. The Morgan fingerprint density at radius 2 is 1.92 bits per heavy atom. The van der Waals surface area contributed by atoms with Crippen LogP contribution in [-0.4, -0.2) is 36.2 Å². The average molecular weight is 339 g/mol. The summed E-state index contributed by atoms with van der Waals surface area (Å²) in [5.74, 6) is 0. The SMILES string of the molecule is CN(C)Cc1cccc(CNC(=O)NC2c3ccccc3CC2O)c1. The molecule has 5 nitrogen and oxygen atoms in total. The van der Waals surface area contributed by atoms with E-state index >= 15 is 0 Å². The molecule has 0 radical (unpaired) electrons. The summed E-state index contributed by atoms with van der Waals surface area (Å²) < 4.78 is 0. The molecular weight excluding hydrogens is 314 g/mol. The van der Waals surface area contributed by atoms with Crippen molar-refractivity contribution in [3.05, 3.63) is 70.8 Å². The van der Waals surface area contributed by atoms with Gasteiger partial charge in [-0.1, -0.05) is 48.5 Å². The van der Waals surface area contributed by atoms with E-state index in [1.54, 1.807) is 0 Å². The number of rotatable bonds is 5. The van der Waals surface area contributed by atoms with Crippen LogP contribution >= 0.6 is 0 Å². The largest absolute Gasteiger partial charge is 0.390 e. The first kappa shape index (κ1) is 17.5. The molecule has 25 heavy (non-hydrogen) atoms. The quantitative estimate of drug-likeness (QED) is 0.782. The van der Waals surface area contributed by atoms with E-state index in [0.29, 0.717) is 13.0 Å². The molecule has 5 heteroatoms. The molecule has 2 aromatic rings. The third-order valence-corrected chi connectivity index (χ3v) is 4.43. The number of benzene rings is 2. The first-order valence-electron chi connectivity index (χ1n) is 8.55. The first-order valence-corrected chi connectivity index (χ1v) is 8.55. The zero-order valence-electron chi connectivity index (χ0n) is 14.7. The monoisotopic (exact) mass is 339 g/mol. The molecule has 2 unspecified atom stereocenters. The molecule has 132 valence electrons. The van der Waals surface area contributed by atoms with Crippen molar-refractivity contribution in [1.82, 2.24) is 15.5 Å². The highest BCUT2D eigenvalue weighted by Gasteiger charge is 2.31. The van der Waals surface area contributed by atoms with Crippen LogP contribution in [0.1, 0.15) is 28.3 Å². The minimum Gasteiger partial charge on any atom is -0.390 e. The Hall–Kier alpha value is -2.37. The molecule has 2 amide bonds. The second-order valence-electron chi connectivity index (χ2n) is 6.83.